The van der Waals surface area contributed by atoms with Crippen molar-refractivity contribution in [2.45, 2.75) is 19.0 Å². The number of nitrogens with one attached hydrogen (secondary N) is 1. The molecule has 0 radical (unpaired) electrons. The monoisotopic (exact) mass is 474 g/mol. The molecule has 0 aliphatic carbocycles. The maximum absolute atomic E-state index is 6.49. The average Bonchev–Trinajstić information content (AvgIpc) is 3.44. The molecule has 3 heterocycles. The molecule has 0 bridgehead atoms. The standard InChI is InChI=1S/C26H23ClN4OS/c1-17-7-5-8-18(15-17)30-14-6-10-22(30)25-24(21-9-3-4-13-28-21)29-26(33)31(25)19-11-12-23(32-2)20(27)16-19/h3-16,24-25H,1-2H3,(H,29,33)/t24-,25-/m1/s1. The molecule has 1 saturated heterocycles. The molecule has 2 aromatic carbocycles. The summed E-state index contributed by atoms with van der Waals surface area (Å²) in [5.74, 6) is 0.624. The van der Waals surface area contributed by atoms with Gasteiger partial charge < -0.3 is 19.5 Å². The van der Waals surface area contributed by atoms with Crippen LogP contribution < -0.4 is 15.0 Å². The molecule has 33 heavy (non-hydrogen) atoms. The van der Waals surface area contributed by atoms with Crippen LogP contribution in [0.2, 0.25) is 5.02 Å². The second kappa shape index (κ2) is 8.89. The van der Waals surface area contributed by atoms with E-state index in [4.69, 9.17) is 28.6 Å². The van der Waals surface area contributed by atoms with E-state index in [9.17, 15) is 0 Å². The van der Waals surface area contributed by atoms with Gasteiger partial charge in [-0.25, -0.2) is 0 Å². The zero-order valence-corrected chi connectivity index (χ0v) is 19.8. The van der Waals surface area contributed by atoms with Crippen molar-refractivity contribution in [2.75, 3.05) is 12.0 Å². The van der Waals surface area contributed by atoms with Crippen LogP contribution in [0, 0.1) is 6.92 Å². The molecule has 0 amide bonds. The second-order valence-corrected chi connectivity index (χ2v) is 8.75. The van der Waals surface area contributed by atoms with Crippen LogP contribution in [0.15, 0.2) is 85.2 Å². The molecule has 2 atom stereocenters. The van der Waals surface area contributed by atoms with Crippen molar-refractivity contribution in [2.24, 2.45) is 0 Å². The highest BCUT2D eigenvalue weighted by Gasteiger charge is 2.42. The average molecular weight is 475 g/mol. The summed E-state index contributed by atoms with van der Waals surface area (Å²) in [6, 6.07) is 24.0. The van der Waals surface area contributed by atoms with Crippen LogP contribution >= 0.6 is 23.8 Å². The minimum atomic E-state index is -0.146. The Hall–Kier alpha value is -3.35. The molecule has 1 aliphatic heterocycles. The number of thiocarbonyl (C=S) groups is 1. The number of pyridine rings is 1. The number of ether oxygens (including phenoxy) is 1. The van der Waals surface area contributed by atoms with Crippen molar-refractivity contribution in [3.05, 3.63) is 107 Å². The third-order valence-electron chi connectivity index (χ3n) is 5.87. The largest absolute Gasteiger partial charge is 0.495 e. The topological polar surface area (TPSA) is 42.3 Å². The number of benzene rings is 2. The van der Waals surface area contributed by atoms with Crippen LogP contribution in [-0.2, 0) is 0 Å². The molecule has 7 heteroatoms. The summed E-state index contributed by atoms with van der Waals surface area (Å²) in [6.45, 7) is 2.10. The highest BCUT2D eigenvalue weighted by atomic mass is 35.5. The van der Waals surface area contributed by atoms with E-state index in [1.54, 1.807) is 7.11 Å². The van der Waals surface area contributed by atoms with Crippen LogP contribution in [0.1, 0.15) is 29.0 Å². The summed E-state index contributed by atoms with van der Waals surface area (Å²) in [6.07, 6.45) is 3.89. The molecular formula is C26H23ClN4OS. The molecule has 1 aliphatic rings. The van der Waals surface area contributed by atoms with E-state index in [1.165, 1.54) is 5.56 Å². The molecule has 1 fully saturated rings. The molecule has 5 rings (SSSR count). The van der Waals surface area contributed by atoms with Crippen LogP contribution in [0.25, 0.3) is 5.69 Å². The zero-order valence-electron chi connectivity index (χ0n) is 18.3. The lowest BCUT2D eigenvalue weighted by atomic mass is 10.0. The maximum atomic E-state index is 6.49. The van der Waals surface area contributed by atoms with Crippen molar-refractivity contribution in [3.8, 4) is 11.4 Å². The van der Waals surface area contributed by atoms with Crippen molar-refractivity contribution >= 4 is 34.6 Å². The third-order valence-corrected chi connectivity index (χ3v) is 6.48. The summed E-state index contributed by atoms with van der Waals surface area (Å²) < 4.78 is 7.56. The number of halogens is 1. The number of nitrogens with zero attached hydrogens (tertiary/aromatic N) is 3. The minimum Gasteiger partial charge on any atom is -0.495 e. The number of hydrogen-bond acceptors (Lipinski definition) is 3. The van der Waals surface area contributed by atoms with Gasteiger partial charge in [0.15, 0.2) is 5.11 Å². The Morgan fingerprint density at radius 3 is 2.61 bits per heavy atom. The van der Waals surface area contributed by atoms with Gasteiger partial charge in [0.1, 0.15) is 11.8 Å². The number of aryl methyl sites for hydroxylation is 1. The number of hydrogen-bond donors (Lipinski definition) is 1. The predicted molar refractivity (Wildman–Crippen MR) is 136 cm³/mol. The second-order valence-electron chi connectivity index (χ2n) is 7.96. The Kier molecular flexibility index (Phi) is 5.79. The van der Waals surface area contributed by atoms with E-state index in [0.29, 0.717) is 15.9 Å². The first kappa shape index (κ1) is 21.5. The molecule has 1 N–H and O–H groups in total. The van der Waals surface area contributed by atoms with Crippen LogP contribution in [0.3, 0.4) is 0 Å². The quantitative estimate of drug-likeness (QED) is 0.358. The van der Waals surface area contributed by atoms with E-state index < -0.39 is 0 Å². The van der Waals surface area contributed by atoms with E-state index in [1.807, 2.05) is 42.6 Å². The zero-order chi connectivity index (χ0) is 22.9. The molecule has 0 spiro atoms. The fraction of sp³-hybridized carbons (Fsp3) is 0.154. The third kappa shape index (κ3) is 3.96. The van der Waals surface area contributed by atoms with Gasteiger partial charge in [0, 0.05) is 29.5 Å². The highest BCUT2D eigenvalue weighted by molar-refractivity contribution is 7.80. The van der Waals surface area contributed by atoms with Crippen molar-refractivity contribution in [3.63, 3.8) is 0 Å². The molecule has 2 aromatic heterocycles. The van der Waals surface area contributed by atoms with Gasteiger partial charge in [-0.1, -0.05) is 29.8 Å². The Balaban J connectivity index is 1.67. The Labute approximate surface area is 203 Å². The summed E-state index contributed by atoms with van der Waals surface area (Å²) in [7, 11) is 1.61. The van der Waals surface area contributed by atoms with Gasteiger partial charge in [-0.3, -0.25) is 4.98 Å². The van der Waals surface area contributed by atoms with Crippen molar-refractivity contribution in [1.29, 1.82) is 0 Å². The summed E-state index contributed by atoms with van der Waals surface area (Å²) in [5, 5.41) is 4.66. The Morgan fingerprint density at radius 1 is 1.00 bits per heavy atom. The fourth-order valence-corrected chi connectivity index (χ4v) is 4.98. The first-order chi connectivity index (χ1) is 16.1. The molecule has 0 unspecified atom stereocenters. The number of anilines is 1. The lowest BCUT2D eigenvalue weighted by Crippen LogP contribution is -2.30. The first-order valence-electron chi connectivity index (χ1n) is 10.7. The van der Waals surface area contributed by atoms with Gasteiger partial charge in [-0.15, -0.1) is 0 Å². The van der Waals surface area contributed by atoms with Crippen LogP contribution in [-0.4, -0.2) is 21.8 Å². The molecule has 4 aromatic rings. The highest BCUT2D eigenvalue weighted by Crippen LogP contribution is 2.43. The first-order valence-corrected chi connectivity index (χ1v) is 11.4. The van der Waals surface area contributed by atoms with E-state index in [-0.39, 0.29) is 12.1 Å². The van der Waals surface area contributed by atoms with E-state index in [0.717, 1.165) is 22.8 Å². The minimum absolute atomic E-state index is 0.141. The maximum Gasteiger partial charge on any atom is 0.174 e. The van der Waals surface area contributed by atoms with Gasteiger partial charge in [0.05, 0.1) is 23.9 Å². The summed E-state index contributed by atoms with van der Waals surface area (Å²) in [4.78, 5) is 6.75. The normalized spacial score (nSPS) is 17.8. The predicted octanol–water partition coefficient (Wildman–Crippen LogP) is 6.02. The summed E-state index contributed by atoms with van der Waals surface area (Å²) in [5.41, 5.74) is 5.20. The number of methoxy groups -OCH3 is 1. The number of aromatic nitrogens is 2. The van der Waals surface area contributed by atoms with E-state index in [2.05, 4.69) is 69.3 Å². The van der Waals surface area contributed by atoms with Gasteiger partial charge in [-0.2, -0.15) is 0 Å². The lowest BCUT2D eigenvalue weighted by Gasteiger charge is -2.29. The molecule has 0 saturated carbocycles. The van der Waals surface area contributed by atoms with Gasteiger partial charge in [-0.05, 0) is 79.3 Å². The van der Waals surface area contributed by atoms with Crippen LogP contribution in [0.4, 0.5) is 5.69 Å². The fourth-order valence-electron chi connectivity index (χ4n) is 4.39. The van der Waals surface area contributed by atoms with Crippen molar-refractivity contribution in [1.82, 2.24) is 14.9 Å². The Bertz CT molecular complexity index is 1310. The lowest BCUT2D eigenvalue weighted by molar-refractivity contribution is 0.415. The molecular weight excluding hydrogens is 452 g/mol. The molecule has 166 valence electrons. The molecule has 5 nitrogen and oxygen atoms in total. The van der Waals surface area contributed by atoms with E-state index >= 15 is 0 Å². The Morgan fingerprint density at radius 2 is 1.88 bits per heavy atom. The summed E-state index contributed by atoms with van der Waals surface area (Å²) >= 11 is 12.3. The van der Waals surface area contributed by atoms with Gasteiger partial charge in [0.25, 0.3) is 0 Å². The van der Waals surface area contributed by atoms with Gasteiger partial charge >= 0.3 is 0 Å². The van der Waals surface area contributed by atoms with Crippen molar-refractivity contribution < 1.29 is 4.74 Å². The SMILES string of the molecule is COc1ccc(N2C(=S)N[C@H](c3ccccn3)[C@H]2c2cccn2-c2cccc(C)c2)cc1Cl. The van der Waals surface area contributed by atoms with Gasteiger partial charge in [0.2, 0.25) is 0 Å². The number of rotatable bonds is 5. The van der Waals surface area contributed by atoms with Crippen LogP contribution in [0.5, 0.6) is 5.75 Å². The smallest absolute Gasteiger partial charge is 0.174 e.